The predicted molar refractivity (Wildman–Crippen MR) is 45.1 cm³/mol. The molecule has 2 N–H and O–H groups in total. The summed E-state index contributed by atoms with van der Waals surface area (Å²) in [5.74, 6) is -2.66. The molecule has 0 aliphatic carbocycles. The predicted octanol–water partition coefficient (Wildman–Crippen LogP) is -2.51. The molecule has 1 aromatic rings. The molecule has 0 saturated heterocycles. The molecule has 3 amide bonds. The normalized spacial score (nSPS) is 13.9. The second-order valence-electron chi connectivity index (χ2n) is 2.76. The van der Waals surface area contributed by atoms with Crippen LogP contribution in [0.25, 0.3) is 0 Å². The van der Waals surface area contributed by atoms with Gasteiger partial charge in [-0.2, -0.15) is 0 Å². The Balaban J connectivity index is 2.75. The van der Waals surface area contributed by atoms with E-state index < -0.39 is 17.7 Å². The van der Waals surface area contributed by atoms with E-state index in [-0.39, 0.29) is 16.4 Å². The van der Waals surface area contributed by atoms with Crippen molar-refractivity contribution in [3.63, 3.8) is 0 Å². The van der Waals surface area contributed by atoms with Gasteiger partial charge in [-0.1, -0.05) is 0 Å². The molecule has 0 fully saturated rings. The Labute approximate surface area is 82.4 Å². The number of aromatic nitrogens is 1. The molecule has 0 saturated carbocycles. The average Bonchev–Trinajstić information content (AvgIpc) is 2.19. The first-order valence-electron chi connectivity index (χ1n) is 3.89. The van der Waals surface area contributed by atoms with Crippen molar-refractivity contribution in [3.05, 3.63) is 28.7 Å². The van der Waals surface area contributed by atoms with Gasteiger partial charge in [0, 0.05) is 0 Å². The first-order chi connectivity index (χ1) is 7.08. The average molecular weight is 204 g/mol. The molecule has 74 valence electrons. The topological polar surface area (TPSA) is 115 Å². The highest BCUT2D eigenvalue weighted by Crippen LogP contribution is 1.87. The Morgan fingerprint density at radius 1 is 1.13 bits per heavy atom. The number of pyridine rings is 1. The summed E-state index contributed by atoms with van der Waals surface area (Å²) in [5, 5.41) is 0.285. The molecule has 1 aliphatic heterocycles. The minimum atomic E-state index is -0.968. The van der Waals surface area contributed by atoms with E-state index >= 15 is 0 Å². The fourth-order valence-corrected chi connectivity index (χ4v) is 1.06. The molecule has 0 unspecified atom stereocenters. The van der Waals surface area contributed by atoms with E-state index in [1.165, 1.54) is 12.3 Å². The highest BCUT2D eigenvalue weighted by atomic mass is 16.2. The number of nitrogens with two attached hydrogens (primary N) is 1. The van der Waals surface area contributed by atoms with Gasteiger partial charge in [-0.05, 0) is 6.07 Å². The van der Waals surface area contributed by atoms with Gasteiger partial charge in [-0.3, -0.25) is 14.4 Å². The fraction of sp³-hybridized carbons (Fsp3) is 0. The molecular formula is C8H4N4O3. The van der Waals surface area contributed by atoms with Gasteiger partial charge < -0.3 is 5.73 Å². The number of nitrogens with zero attached hydrogens (tertiary/aromatic N) is 3. The maximum absolute atomic E-state index is 10.9. The van der Waals surface area contributed by atoms with Crippen LogP contribution in [-0.4, -0.2) is 22.7 Å². The van der Waals surface area contributed by atoms with Gasteiger partial charge in [0.2, 0.25) is 0 Å². The monoisotopic (exact) mass is 204 g/mol. The molecule has 0 radical (unpaired) electrons. The smallest absolute Gasteiger partial charge is 0.338 e. The standard InChI is InChI=1S/C8H4N4O3/c9-6(13)4-1-3-5(2-10-4)12-8(15)7(14)11-3/h1-2H,(H2,9,13). The molecule has 1 aromatic heterocycles. The lowest BCUT2D eigenvalue weighted by Gasteiger charge is -1.97. The molecule has 0 bridgehead atoms. The van der Waals surface area contributed by atoms with Crippen molar-refractivity contribution in [3.8, 4) is 0 Å². The van der Waals surface area contributed by atoms with Gasteiger partial charge in [-0.15, -0.1) is 0 Å². The van der Waals surface area contributed by atoms with E-state index in [1.54, 1.807) is 0 Å². The molecule has 2 rings (SSSR count). The molecule has 2 heterocycles. The Bertz CT molecular complexity index is 605. The van der Waals surface area contributed by atoms with Crippen LogP contribution in [0.15, 0.2) is 22.2 Å². The van der Waals surface area contributed by atoms with Crippen LogP contribution in [0, 0.1) is 0 Å². The zero-order chi connectivity index (χ0) is 11.0. The largest absolute Gasteiger partial charge is 0.364 e. The number of primary amides is 1. The summed E-state index contributed by atoms with van der Waals surface area (Å²) in [6.45, 7) is 0. The van der Waals surface area contributed by atoms with Crippen LogP contribution in [0.4, 0.5) is 0 Å². The summed E-state index contributed by atoms with van der Waals surface area (Å²) < 4.78 is 0. The van der Waals surface area contributed by atoms with Crippen LogP contribution in [0.1, 0.15) is 10.5 Å². The SMILES string of the molecule is NC(=O)c1cc2c(cn1)=NC(=O)C(=O)N=2. The maximum Gasteiger partial charge on any atom is 0.338 e. The van der Waals surface area contributed by atoms with E-state index in [0.29, 0.717) is 0 Å². The molecule has 0 aromatic carbocycles. The summed E-state index contributed by atoms with van der Waals surface area (Å²) in [4.78, 5) is 43.0. The van der Waals surface area contributed by atoms with Crippen molar-refractivity contribution >= 4 is 17.7 Å². The van der Waals surface area contributed by atoms with Crippen LogP contribution in [-0.2, 0) is 9.59 Å². The van der Waals surface area contributed by atoms with E-state index in [9.17, 15) is 14.4 Å². The second-order valence-corrected chi connectivity index (χ2v) is 2.76. The van der Waals surface area contributed by atoms with E-state index in [2.05, 4.69) is 15.0 Å². The lowest BCUT2D eigenvalue weighted by atomic mass is 10.3. The molecule has 0 spiro atoms. The molecule has 15 heavy (non-hydrogen) atoms. The molecule has 0 atom stereocenters. The summed E-state index contributed by atoms with van der Waals surface area (Å²) in [6, 6.07) is 1.21. The van der Waals surface area contributed by atoms with Gasteiger partial charge in [0.15, 0.2) is 0 Å². The van der Waals surface area contributed by atoms with Crippen LogP contribution in [0.2, 0.25) is 0 Å². The van der Waals surface area contributed by atoms with Gasteiger partial charge in [0.1, 0.15) is 11.1 Å². The number of hydrogen-bond acceptors (Lipinski definition) is 4. The van der Waals surface area contributed by atoms with Gasteiger partial charge in [-0.25, -0.2) is 15.0 Å². The fourth-order valence-electron chi connectivity index (χ4n) is 1.06. The minimum Gasteiger partial charge on any atom is -0.364 e. The summed E-state index contributed by atoms with van der Waals surface area (Å²) >= 11 is 0. The number of fused-ring (bicyclic) bond motifs is 1. The van der Waals surface area contributed by atoms with Crippen molar-refractivity contribution in [2.45, 2.75) is 0 Å². The molecule has 7 heteroatoms. The summed E-state index contributed by atoms with van der Waals surface area (Å²) in [6.07, 6.45) is 1.17. The first-order valence-corrected chi connectivity index (χ1v) is 3.89. The Kier molecular flexibility index (Phi) is 1.86. The van der Waals surface area contributed by atoms with Gasteiger partial charge >= 0.3 is 11.8 Å². The third kappa shape index (κ3) is 1.50. The van der Waals surface area contributed by atoms with Crippen molar-refractivity contribution in [2.24, 2.45) is 15.7 Å². The Hall–Kier alpha value is -2.44. The van der Waals surface area contributed by atoms with E-state index in [1.807, 2.05) is 0 Å². The highest BCUT2D eigenvalue weighted by Gasteiger charge is 2.15. The lowest BCUT2D eigenvalue weighted by molar-refractivity contribution is -0.135. The Morgan fingerprint density at radius 2 is 1.73 bits per heavy atom. The van der Waals surface area contributed by atoms with Crippen LogP contribution >= 0.6 is 0 Å². The van der Waals surface area contributed by atoms with Crippen LogP contribution in [0.3, 0.4) is 0 Å². The molecular weight excluding hydrogens is 200 g/mol. The zero-order valence-electron chi connectivity index (χ0n) is 7.30. The third-order valence-electron chi connectivity index (χ3n) is 1.74. The van der Waals surface area contributed by atoms with Gasteiger partial charge in [0.05, 0.1) is 11.6 Å². The lowest BCUT2D eigenvalue weighted by Crippen LogP contribution is -2.36. The van der Waals surface area contributed by atoms with E-state index in [0.717, 1.165) is 0 Å². The minimum absolute atomic E-state index is 0.0325. The molecule has 1 aliphatic rings. The first kappa shape index (κ1) is 9.13. The Morgan fingerprint density at radius 3 is 2.33 bits per heavy atom. The van der Waals surface area contributed by atoms with Crippen molar-refractivity contribution in [1.29, 1.82) is 0 Å². The molecule has 7 nitrogen and oxygen atoms in total. The third-order valence-corrected chi connectivity index (χ3v) is 1.74. The number of carbonyl (C=O) groups is 3. The number of carbonyl (C=O) groups excluding carboxylic acids is 3. The number of rotatable bonds is 1. The van der Waals surface area contributed by atoms with Crippen LogP contribution < -0.4 is 16.4 Å². The zero-order valence-corrected chi connectivity index (χ0v) is 7.30. The van der Waals surface area contributed by atoms with Crippen LogP contribution in [0.5, 0.6) is 0 Å². The van der Waals surface area contributed by atoms with E-state index in [4.69, 9.17) is 5.73 Å². The van der Waals surface area contributed by atoms with Gasteiger partial charge in [0.25, 0.3) is 5.91 Å². The second kappa shape index (κ2) is 3.05. The summed E-state index contributed by atoms with van der Waals surface area (Å²) in [7, 11) is 0. The number of hydrogen-bond donors (Lipinski definition) is 1. The quantitative estimate of drug-likeness (QED) is 0.508. The summed E-state index contributed by atoms with van der Waals surface area (Å²) in [5.41, 5.74) is 4.95. The maximum atomic E-state index is 10.9. The highest BCUT2D eigenvalue weighted by molar-refractivity contribution is 6.36. The number of amides is 3. The van der Waals surface area contributed by atoms with Crippen molar-refractivity contribution in [2.75, 3.05) is 0 Å². The van der Waals surface area contributed by atoms with Crippen molar-refractivity contribution < 1.29 is 14.4 Å². The van der Waals surface area contributed by atoms with Crippen molar-refractivity contribution in [1.82, 2.24) is 4.98 Å².